The van der Waals surface area contributed by atoms with E-state index in [0.717, 1.165) is 25.8 Å². The molecule has 0 bridgehead atoms. The van der Waals surface area contributed by atoms with E-state index in [1.54, 1.807) is 4.90 Å². The van der Waals surface area contributed by atoms with Gasteiger partial charge in [0.1, 0.15) is 0 Å². The van der Waals surface area contributed by atoms with Gasteiger partial charge in [0, 0.05) is 19.5 Å². The molecule has 1 unspecified atom stereocenters. The average molecular weight is 373 g/mol. The van der Waals surface area contributed by atoms with Gasteiger partial charge in [-0.1, -0.05) is 64.3 Å². The molecule has 1 aromatic rings. The molecule has 0 spiro atoms. The fraction of sp³-hybridized carbons (Fsp3) is 0.652. The van der Waals surface area contributed by atoms with Gasteiger partial charge < -0.3 is 9.80 Å². The van der Waals surface area contributed by atoms with Crippen molar-refractivity contribution in [2.24, 2.45) is 5.92 Å². The van der Waals surface area contributed by atoms with E-state index in [4.69, 9.17) is 0 Å². The molecule has 2 rings (SSSR count). The monoisotopic (exact) mass is 372 g/mol. The molecule has 0 radical (unpaired) electrons. The minimum Gasteiger partial charge on any atom is -0.334 e. The Balaban J connectivity index is 2.02. The summed E-state index contributed by atoms with van der Waals surface area (Å²) in [5.74, 6) is 0.496. The van der Waals surface area contributed by atoms with Crippen molar-refractivity contribution in [1.82, 2.24) is 9.80 Å². The molecule has 1 heterocycles. The second-order valence-corrected chi connectivity index (χ2v) is 8.19. The van der Waals surface area contributed by atoms with Crippen molar-refractivity contribution in [1.29, 1.82) is 0 Å². The Labute approximate surface area is 164 Å². The molecule has 0 N–H and O–H groups in total. The zero-order valence-electron chi connectivity index (χ0n) is 17.5. The molecule has 150 valence electrons. The molecule has 0 saturated carbocycles. The van der Waals surface area contributed by atoms with Crippen LogP contribution in [0.2, 0.25) is 0 Å². The van der Waals surface area contributed by atoms with E-state index in [1.165, 1.54) is 24.0 Å². The van der Waals surface area contributed by atoms with Gasteiger partial charge in [-0.25, -0.2) is 0 Å². The van der Waals surface area contributed by atoms with E-state index < -0.39 is 0 Å². The maximum absolute atomic E-state index is 13.0. The highest BCUT2D eigenvalue weighted by Crippen LogP contribution is 2.29. The van der Waals surface area contributed by atoms with E-state index in [1.807, 2.05) is 11.0 Å². The van der Waals surface area contributed by atoms with Crippen LogP contribution in [-0.2, 0) is 16.0 Å². The van der Waals surface area contributed by atoms with Gasteiger partial charge in [-0.3, -0.25) is 9.59 Å². The van der Waals surface area contributed by atoms with Gasteiger partial charge in [0.25, 0.3) is 0 Å². The Hall–Kier alpha value is -1.84. The first-order valence-corrected chi connectivity index (χ1v) is 10.6. The molecule has 1 aliphatic heterocycles. The number of fused-ring (bicyclic) bond motifs is 1. The molecule has 1 atom stereocenters. The second kappa shape index (κ2) is 10.5. The molecular weight excluding hydrogens is 336 g/mol. The van der Waals surface area contributed by atoms with Crippen molar-refractivity contribution >= 4 is 11.8 Å². The largest absolute Gasteiger partial charge is 0.334 e. The Morgan fingerprint density at radius 3 is 2.63 bits per heavy atom. The van der Waals surface area contributed by atoms with Gasteiger partial charge in [-0.2, -0.15) is 0 Å². The van der Waals surface area contributed by atoms with Gasteiger partial charge in [0.2, 0.25) is 11.8 Å². The summed E-state index contributed by atoms with van der Waals surface area (Å²) in [6.45, 7) is 10.0. The summed E-state index contributed by atoms with van der Waals surface area (Å²) < 4.78 is 0. The third-order valence-electron chi connectivity index (χ3n) is 5.46. The molecular formula is C23H36N2O2. The van der Waals surface area contributed by atoms with Crippen LogP contribution in [-0.4, -0.2) is 41.2 Å². The predicted octanol–water partition coefficient (Wildman–Crippen LogP) is 4.59. The van der Waals surface area contributed by atoms with Crippen molar-refractivity contribution in [2.75, 3.05) is 19.6 Å². The molecule has 27 heavy (non-hydrogen) atoms. The van der Waals surface area contributed by atoms with Crippen LogP contribution in [0.15, 0.2) is 24.3 Å². The number of hydrogen-bond donors (Lipinski definition) is 0. The van der Waals surface area contributed by atoms with Crippen LogP contribution in [0, 0.1) is 5.92 Å². The van der Waals surface area contributed by atoms with Crippen LogP contribution >= 0.6 is 0 Å². The molecule has 2 amide bonds. The fourth-order valence-corrected chi connectivity index (χ4v) is 3.87. The molecule has 1 aromatic carbocycles. The van der Waals surface area contributed by atoms with E-state index >= 15 is 0 Å². The number of carbonyl (C=O) groups excluding carboxylic acids is 2. The smallest absolute Gasteiger partial charge is 0.242 e. The topological polar surface area (TPSA) is 40.6 Å². The normalized spacial score (nSPS) is 16.3. The number of amides is 2. The number of nitrogens with zero attached hydrogens (tertiary/aromatic N) is 2. The third kappa shape index (κ3) is 6.08. The van der Waals surface area contributed by atoms with Gasteiger partial charge in [-0.15, -0.1) is 0 Å². The lowest BCUT2D eigenvalue weighted by atomic mass is 9.93. The Morgan fingerprint density at radius 2 is 1.93 bits per heavy atom. The maximum atomic E-state index is 13.0. The summed E-state index contributed by atoms with van der Waals surface area (Å²) in [6, 6.07) is 8.44. The molecule has 0 aromatic heterocycles. The van der Waals surface area contributed by atoms with Gasteiger partial charge in [0.05, 0.1) is 12.6 Å². The third-order valence-corrected chi connectivity index (χ3v) is 5.46. The van der Waals surface area contributed by atoms with Crippen molar-refractivity contribution in [3.63, 3.8) is 0 Å². The first-order chi connectivity index (χ1) is 12.9. The number of hydrogen-bond acceptors (Lipinski definition) is 2. The first kappa shape index (κ1) is 21.5. The molecule has 4 nitrogen and oxygen atoms in total. The highest BCUT2D eigenvalue weighted by atomic mass is 16.2. The molecule has 0 aliphatic carbocycles. The van der Waals surface area contributed by atoms with Crippen LogP contribution < -0.4 is 0 Å². The molecule has 4 heteroatoms. The number of unbranched alkanes of at least 4 members (excludes halogenated alkanes) is 3. The lowest BCUT2D eigenvalue weighted by Crippen LogP contribution is -2.46. The summed E-state index contributed by atoms with van der Waals surface area (Å²) in [4.78, 5) is 29.5. The fourth-order valence-electron chi connectivity index (χ4n) is 3.87. The van der Waals surface area contributed by atoms with Crippen LogP contribution in [0.25, 0.3) is 0 Å². The SMILES string of the molecule is CCCCCCN(CC(=O)N1CCc2ccccc2C1C)C(=O)CC(C)C. The molecule has 1 aliphatic rings. The number of benzene rings is 1. The Morgan fingerprint density at radius 1 is 1.19 bits per heavy atom. The summed E-state index contributed by atoms with van der Waals surface area (Å²) in [7, 11) is 0. The van der Waals surface area contributed by atoms with E-state index in [-0.39, 0.29) is 24.4 Å². The highest BCUT2D eigenvalue weighted by molar-refractivity contribution is 5.85. The van der Waals surface area contributed by atoms with E-state index in [2.05, 4.69) is 45.9 Å². The van der Waals surface area contributed by atoms with Crippen molar-refractivity contribution in [3.05, 3.63) is 35.4 Å². The van der Waals surface area contributed by atoms with Gasteiger partial charge in [-0.05, 0) is 36.8 Å². The quantitative estimate of drug-likeness (QED) is 0.595. The van der Waals surface area contributed by atoms with E-state index in [9.17, 15) is 9.59 Å². The lowest BCUT2D eigenvalue weighted by molar-refractivity contribution is -0.142. The summed E-state index contributed by atoms with van der Waals surface area (Å²) in [6.07, 6.45) is 5.85. The lowest BCUT2D eigenvalue weighted by Gasteiger charge is -2.36. The van der Waals surface area contributed by atoms with Crippen LogP contribution in [0.3, 0.4) is 0 Å². The number of carbonyl (C=O) groups is 2. The number of rotatable bonds is 9. The van der Waals surface area contributed by atoms with Crippen molar-refractivity contribution < 1.29 is 9.59 Å². The summed E-state index contributed by atoms with van der Waals surface area (Å²) in [5, 5.41) is 0. The average Bonchev–Trinajstić information content (AvgIpc) is 2.64. The van der Waals surface area contributed by atoms with Crippen LogP contribution in [0.4, 0.5) is 0 Å². The predicted molar refractivity (Wildman–Crippen MR) is 110 cm³/mol. The molecule has 0 fully saturated rings. The van der Waals surface area contributed by atoms with Crippen molar-refractivity contribution in [3.8, 4) is 0 Å². The highest BCUT2D eigenvalue weighted by Gasteiger charge is 2.29. The van der Waals surface area contributed by atoms with Crippen LogP contribution in [0.1, 0.15) is 77.0 Å². The van der Waals surface area contributed by atoms with Crippen molar-refractivity contribution in [2.45, 2.75) is 72.3 Å². The second-order valence-electron chi connectivity index (χ2n) is 8.19. The Kier molecular flexibility index (Phi) is 8.33. The van der Waals surface area contributed by atoms with Gasteiger partial charge >= 0.3 is 0 Å². The molecule has 0 saturated heterocycles. The summed E-state index contributed by atoms with van der Waals surface area (Å²) >= 11 is 0. The minimum atomic E-state index is 0.0737. The Bertz CT molecular complexity index is 627. The maximum Gasteiger partial charge on any atom is 0.242 e. The van der Waals surface area contributed by atoms with Crippen LogP contribution in [0.5, 0.6) is 0 Å². The van der Waals surface area contributed by atoms with Gasteiger partial charge in [0.15, 0.2) is 0 Å². The first-order valence-electron chi connectivity index (χ1n) is 10.6. The standard InChI is InChI=1S/C23H36N2O2/c1-5-6-7-10-14-24(22(26)16-18(2)3)17-23(27)25-15-13-20-11-8-9-12-21(20)19(25)4/h8-9,11-12,18-19H,5-7,10,13-17H2,1-4H3. The van der Waals surface area contributed by atoms with E-state index in [0.29, 0.717) is 18.9 Å². The summed E-state index contributed by atoms with van der Waals surface area (Å²) in [5.41, 5.74) is 2.57. The minimum absolute atomic E-state index is 0.0737. The zero-order valence-corrected chi connectivity index (χ0v) is 17.5. The zero-order chi connectivity index (χ0) is 19.8.